The zero-order valence-corrected chi connectivity index (χ0v) is 20.7. The van der Waals surface area contributed by atoms with E-state index in [1.807, 2.05) is 18.2 Å². The fourth-order valence-electron chi connectivity index (χ4n) is 5.66. The number of benzene rings is 1. The molecule has 0 saturated carbocycles. The van der Waals surface area contributed by atoms with Crippen LogP contribution < -0.4 is 5.56 Å². The van der Waals surface area contributed by atoms with Crippen LogP contribution in [0, 0.1) is 0 Å². The van der Waals surface area contributed by atoms with Gasteiger partial charge < -0.3 is 14.4 Å². The third kappa shape index (κ3) is 3.98. The second-order valence-corrected chi connectivity index (χ2v) is 9.91. The molecule has 0 spiro atoms. The van der Waals surface area contributed by atoms with Gasteiger partial charge in [-0.05, 0) is 37.0 Å². The van der Waals surface area contributed by atoms with E-state index in [0.29, 0.717) is 23.4 Å². The van der Waals surface area contributed by atoms with Crippen LogP contribution in [0.3, 0.4) is 0 Å². The van der Waals surface area contributed by atoms with Gasteiger partial charge in [-0.2, -0.15) is 0 Å². The number of para-hydroxylation sites is 1. The first-order valence-electron chi connectivity index (χ1n) is 13.1. The molecular formula is C29H34N2O4. The number of aryl methyl sites for hydroxylation is 1. The lowest BCUT2D eigenvalue weighted by atomic mass is 9.86. The van der Waals surface area contributed by atoms with Crippen LogP contribution in [-0.4, -0.2) is 20.6 Å². The van der Waals surface area contributed by atoms with Gasteiger partial charge in [0.25, 0.3) is 5.56 Å². The summed E-state index contributed by atoms with van der Waals surface area (Å²) >= 11 is 0. The number of esters is 1. The predicted octanol–water partition coefficient (Wildman–Crippen LogP) is 5.37. The summed E-state index contributed by atoms with van der Waals surface area (Å²) in [4.78, 5) is 30.9. The molecule has 2 aliphatic heterocycles. The van der Waals surface area contributed by atoms with Crippen LogP contribution in [0.1, 0.15) is 87.5 Å². The van der Waals surface area contributed by atoms with Gasteiger partial charge in [-0.15, -0.1) is 0 Å². The standard InChI is InChI=1S/C29H34N2O4/c1-3-5-6-7-8-9-10-13-19-20-14-11-12-15-24(20)30-26-21(19)17-31-25(26)16-23-22(27(31)32)18-35-28(33)29(23,34)4-2/h11-12,14-16,34H,3-10,13,17-18H2,1-2H3/t29-/m0/s1. The van der Waals surface area contributed by atoms with E-state index in [-0.39, 0.29) is 18.6 Å². The van der Waals surface area contributed by atoms with Crippen molar-refractivity contribution >= 4 is 16.9 Å². The summed E-state index contributed by atoms with van der Waals surface area (Å²) in [5.74, 6) is -0.693. The molecule has 2 aliphatic rings. The highest BCUT2D eigenvalue weighted by Crippen LogP contribution is 2.40. The van der Waals surface area contributed by atoms with Gasteiger partial charge in [0.05, 0.1) is 29.0 Å². The molecule has 0 aliphatic carbocycles. The van der Waals surface area contributed by atoms with Gasteiger partial charge in [0.15, 0.2) is 5.60 Å². The molecule has 6 nitrogen and oxygen atoms in total. The maximum absolute atomic E-state index is 13.5. The van der Waals surface area contributed by atoms with Crippen molar-refractivity contribution in [1.29, 1.82) is 0 Å². The number of cyclic esters (lactones) is 1. The van der Waals surface area contributed by atoms with Crippen molar-refractivity contribution in [2.24, 2.45) is 0 Å². The predicted molar refractivity (Wildman–Crippen MR) is 136 cm³/mol. The summed E-state index contributed by atoms with van der Waals surface area (Å²) in [5.41, 5.74) is 3.44. The molecule has 0 fully saturated rings. The number of carbonyl (C=O) groups excluding carboxylic acids is 1. The van der Waals surface area contributed by atoms with Gasteiger partial charge in [-0.1, -0.05) is 70.6 Å². The Balaban J connectivity index is 1.55. The molecule has 1 aromatic carbocycles. The van der Waals surface area contributed by atoms with E-state index >= 15 is 0 Å². The Hall–Kier alpha value is -2.99. The van der Waals surface area contributed by atoms with Gasteiger partial charge >= 0.3 is 5.97 Å². The van der Waals surface area contributed by atoms with Gasteiger partial charge in [-0.3, -0.25) is 4.79 Å². The Morgan fingerprint density at radius 3 is 2.54 bits per heavy atom. The van der Waals surface area contributed by atoms with Gasteiger partial charge in [0.2, 0.25) is 0 Å². The number of carbonyl (C=O) groups is 1. The number of hydrogen-bond acceptors (Lipinski definition) is 5. The van der Waals surface area contributed by atoms with Crippen LogP contribution in [0.25, 0.3) is 22.3 Å². The Morgan fingerprint density at radius 2 is 1.77 bits per heavy atom. The molecule has 6 heteroatoms. The Bertz CT molecular complexity index is 1340. The van der Waals surface area contributed by atoms with E-state index in [1.165, 1.54) is 44.1 Å². The van der Waals surface area contributed by atoms with Crippen molar-refractivity contribution in [3.05, 3.63) is 62.9 Å². The van der Waals surface area contributed by atoms with Crippen LogP contribution in [-0.2, 0) is 34.7 Å². The Kier molecular flexibility index (Phi) is 6.49. The van der Waals surface area contributed by atoms with E-state index in [4.69, 9.17) is 9.72 Å². The minimum atomic E-state index is -1.80. The minimum Gasteiger partial charge on any atom is -0.458 e. The lowest BCUT2D eigenvalue weighted by molar-refractivity contribution is -0.172. The normalized spacial score (nSPS) is 18.3. The van der Waals surface area contributed by atoms with Crippen LogP contribution in [0.5, 0.6) is 0 Å². The van der Waals surface area contributed by atoms with Gasteiger partial charge in [-0.25, -0.2) is 9.78 Å². The Labute approximate surface area is 206 Å². The maximum atomic E-state index is 13.5. The second-order valence-electron chi connectivity index (χ2n) is 9.91. The van der Waals surface area contributed by atoms with Crippen molar-refractivity contribution in [2.45, 2.75) is 90.4 Å². The topological polar surface area (TPSA) is 81.4 Å². The molecule has 5 rings (SSSR count). The smallest absolute Gasteiger partial charge is 0.343 e. The number of pyridine rings is 2. The van der Waals surface area contributed by atoms with E-state index in [0.717, 1.165) is 35.0 Å². The average Bonchev–Trinajstić information content (AvgIpc) is 3.24. The maximum Gasteiger partial charge on any atom is 0.343 e. The third-order valence-electron chi connectivity index (χ3n) is 7.74. The highest BCUT2D eigenvalue weighted by Gasteiger charge is 2.45. The molecule has 0 amide bonds. The van der Waals surface area contributed by atoms with Crippen LogP contribution in [0.4, 0.5) is 0 Å². The van der Waals surface area contributed by atoms with Crippen LogP contribution in [0.15, 0.2) is 35.1 Å². The summed E-state index contributed by atoms with van der Waals surface area (Å²) in [7, 11) is 0. The average molecular weight is 475 g/mol. The third-order valence-corrected chi connectivity index (χ3v) is 7.74. The zero-order valence-electron chi connectivity index (χ0n) is 20.7. The number of rotatable bonds is 9. The SMILES string of the molecule is CCCCCCCCCc1c2c(nc3ccccc13)-c1cc3c(c(=O)n1C2)COC(=O)[C@]3(O)CC. The molecule has 35 heavy (non-hydrogen) atoms. The van der Waals surface area contributed by atoms with Crippen molar-refractivity contribution in [3.8, 4) is 11.4 Å². The lowest BCUT2D eigenvalue weighted by Crippen LogP contribution is -2.44. The summed E-state index contributed by atoms with van der Waals surface area (Å²) in [6.07, 6.45) is 9.80. The van der Waals surface area contributed by atoms with E-state index in [1.54, 1.807) is 17.6 Å². The zero-order chi connectivity index (χ0) is 24.6. The largest absolute Gasteiger partial charge is 0.458 e. The lowest BCUT2D eigenvalue weighted by Gasteiger charge is -2.31. The number of unbranched alkanes of at least 4 members (excludes halogenated alkanes) is 6. The van der Waals surface area contributed by atoms with Crippen molar-refractivity contribution in [2.75, 3.05) is 0 Å². The number of aliphatic hydroxyl groups is 1. The van der Waals surface area contributed by atoms with Gasteiger partial charge in [0.1, 0.15) is 6.61 Å². The van der Waals surface area contributed by atoms with E-state index in [9.17, 15) is 14.7 Å². The number of aromatic nitrogens is 2. The summed E-state index contributed by atoms with van der Waals surface area (Å²) in [6.45, 7) is 4.31. The molecule has 1 N–H and O–H groups in total. The number of hydrogen-bond donors (Lipinski definition) is 1. The highest BCUT2D eigenvalue weighted by atomic mass is 16.6. The molecule has 2 aromatic heterocycles. The van der Waals surface area contributed by atoms with E-state index < -0.39 is 11.6 Å². The summed E-state index contributed by atoms with van der Waals surface area (Å²) < 4.78 is 6.93. The minimum absolute atomic E-state index is 0.105. The number of ether oxygens (including phenoxy) is 1. The molecule has 0 unspecified atom stereocenters. The molecule has 3 aromatic rings. The van der Waals surface area contributed by atoms with Crippen LogP contribution >= 0.6 is 0 Å². The van der Waals surface area contributed by atoms with Crippen molar-refractivity contribution < 1.29 is 14.6 Å². The first-order valence-corrected chi connectivity index (χ1v) is 13.1. The fraction of sp³-hybridized carbons (Fsp3) is 0.483. The molecule has 184 valence electrons. The summed E-state index contributed by atoms with van der Waals surface area (Å²) in [5, 5.41) is 12.3. The molecule has 1 atom stereocenters. The molecule has 0 bridgehead atoms. The first kappa shape index (κ1) is 23.7. The van der Waals surface area contributed by atoms with Crippen LogP contribution in [0.2, 0.25) is 0 Å². The summed E-state index contributed by atoms with van der Waals surface area (Å²) in [6, 6.07) is 9.97. The van der Waals surface area contributed by atoms with Crippen molar-refractivity contribution in [1.82, 2.24) is 9.55 Å². The molecular weight excluding hydrogens is 440 g/mol. The first-order chi connectivity index (χ1) is 17.0. The Morgan fingerprint density at radius 1 is 1.03 bits per heavy atom. The van der Waals surface area contributed by atoms with E-state index in [2.05, 4.69) is 13.0 Å². The number of nitrogens with zero attached hydrogens (tertiary/aromatic N) is 2. The monoisotopic (exact) mass is 474 g/mol. The second kappa shape index (κ2) is 9.57. The highest BCUT2D eigenvalue weighted by molar-refractivity contribution is 5.89. The van der Waals surface area contributed by atoms with Crippen molar-refractivity contribution in [3.63, 3.8) is 0 Å². The molecule has 0 saturated heterocycles. The fourth-order valence-corrected chi connectivity index (χ4v) is 5.66. The van der Waals surface area contributed by atoms with Gasteiger partial charge in [0, 0.05) is 16.5 Å². The molecule has 4 heterocycles. The molecule has 0 radical (unpaired) electrons. The quantitative estimate of drug-likeness (QED) is 0.260. The number of fused-ring (bicyclic) bond motifs is 5.